The molecule has 1 aliphatic heterocycles. The average molecular weight is 497 g/mol. The highest BCUT2D eigenvalue weighted by molar-refractivity contribution is 5.97. The number of amides is 1. The van der Waals surface area contributed by atoms with Crippen LogP contribution in [-0.4, -0.2) is 43.4 Å². The maximum atomic E-state index is 13.5. The third-order valence-corrected chi connectivity index (χ3v) is 7.66. The van der Waals surface area contributed by atoms with Crippen molar-refractivity contribution in [2.45, 2.75) is 59.5 Å². The molecule has 37 heavy (non-hydrogen) atoms. The van der Waals surface area contributed by atoms with Crippen LogP contribution in [0.3, 0.4) is 0 Å². The maximum absolute atomic E-state index is 13.5. The fourth-order valence-corrected chi connectivity index (χ4v) is 5.65. The van der Waals surface area contributed by atoms with E-state index in [9.17, 15) is 14.7 Å². The van der Waals surface area contributed by atoms with Crippen molar-refractivity contribution in [1.82, 2.24) is 19.9 Å². The van der Waals surface area contributed by atoms with Crippen molar-refractivity contribution in [3.05, 3.63) is 93.0 Å². The van der Waals surface area contributed by atoms with E-state index in [2.05, 4.69) is 22.4 Å². The second kappa shape index (κ2) is 9.81. The molecule has 3 aromatic carbocycles. The highest BCUT2D eigenvalue weighted by Gasteiger charge is 2.27. The minimum absolute atomic E-state index is 0.0297. The fourth-order valence-electron chi connectivity index (χ4n) is 5.65. The smallest absolute Gasteiger partial charge is 0.304 e. The van der Waals surface area contributed by atoms with Gasteiger partial charge in [-0.2, -0.15) is 0 Å². The Morgan fingerprint density at radius 3 is 2.49 bits per heavy atom. The van der Waals surface area contributed by atoms with Crippen LogP contribution >= 0.6 is 0 Å². The summed E-state index contributed by atoms with van der Waals surface area (Å²) in [6.45, 7) is 9.86. The summed E-state index contributed by atoms with van der Waals surface area (Å²) in [6.07, 6.45) is 0.749. The second-order valence-corrected chi connectivity index (χ2v) is 9.97. The summed E-state index contributed by atoms with van der Waals surface area (Å²) in [6, 6.07) is 16.2. The lowest BCUT2D eigenvalue weighted by Crippen LogP contribution is -2.36. The molecule has 2 heterocycles. The molecule has 1 aromatic heterocycles. The molecule has 1 aliphatic rings. The number of aryl methyl sites for hydroxylation is 4. The quantitative estimate of drug-likeness (QED) is 0.397. The maximum Gasteiger partial charge on any atom is 0.304 e. The van der Waals surface area contributed by atoms with E-state index in [0.29, 0.717) is 13.1 Å². The zero-order valence-electron chi connectivity index (χ0n) is 21.8. The minimum Gasteiger partial charge on any atom is -0.481 e. The van der Waals surface area contributed by atoms with Gasteiger partial charge in [-0.15, -0.1) is 5.10 Å². The van der Waals surface area contributed by atoms with Crippen molar-refractivity contribution < 1.29 is 14.7 Å². The molecule has 0 radical (unpaired) electrons. The summed E-state index contributed by atoms with van der Waals surface area (Å²) in [7, 11) is 0. The number of hydrogen-bond donors (Lipinski definition) is 1. The van der Waals surface area contributed by atoms with E-state index < -0.39 is 5.97 Å². The second-order valence-electron chi connectivity index (χ2n) is 9.97. The first-order chi connectivity index (χ1) is 17.8. The number of rotatable bonds is 6. The van der Waals surface area contributed by atoms with Gasteiger partial charge >= 0.3 is 5.97 Å². The molecule has 0 saturated heterocycles. The Morgan fingerprint density at radius 2 is 1.78 bits per heavy atom. The Kier molecular flexibility index (Phi) is 6.54. The van der Waals surface area contributed by atoms with Gasteiger partial charge in [0.2, 0.25) is 0 Å². The molecular formula is C30H32N4O3. The number of carbonyl (C=O) groups is 2. The van der Waals surface area contributed by atoms with Gasteiger partial charge < -0.3 is 10.0 Å². The van der Waals surface area contributed by atoms with Gasteiger partial charge in [-0.25, -0.2) is 4.68 Å². The van der Waals surface area contributed by atoms with E-state index in [1.165, 1.54) is 5.56 Å². The molecule has 1 unspecified atom stereocenters. The molecule has 1 amide bonds. The third kappa shape index (κ3) is 4.50. The van der Waals surface area contributed by atoms with Crippen molar-refractivity contribution >= 4 is 22.9 Å². The first kappa shape index (κ1) is 24.7. The Morgan fingerprint density at radius 1 is 1.03 bits per heavy atom. The summed E-state index contributed by atoms with van der Waals surface area (Å²) in [5.41, 5.74) is 9.61. The highest BCUT2D eigenvalue weighted by Crippen LogP contribution is 2.35. The lowest BCUT2D eigenvalue weighted by Gasteiger charge is -2.31. The van der Waals surface area contributed by atoms with E-state index in [4.69, 9.17) is 0 Å². The van der Waals surface area contributed by atoms with E-state index in [-0.39, 0.29) is 18.2 Å². The van der Waals surface area contributed by atoms with Crippen molar-refractivity contribution in [2.75, 3.05) is 6.54 Å². The molecule has 7 heteroatoms. The summed E-state index contributed by atoms with van der Waals surface area (Å²) in [4.78, 5) is 27.3. The first-order valence-electron chi connectivity index (χ1n) is 12.8. The standard InChI is InChI=1S/C30H32N4O3/c1-5-34-26-12-11-24(20(4)29(26)31-32-34)25(16-27(35)36)22-10-9-21-13-14-33(17-23(21)15-22)30(37)28-18(2)7-6-8-19(28)3/h6-12,15,25H,5,13-14,16-17H2,1-4H3,(H,35,36). The third-order valence-electron chi connectivity index (χ3n) is 7.66. The molecule has 190 valence electrons. The van der Waals surface area contributed by atoms with Crippen LogP contribution in [0, 0.1) is 20.8 Å². The number of nitrogens with zero attached hydrogens (tertiary/aromatic N) is 4. The molecule has 1 N–H and O–H groups in total. The Balaban J connectivity index is 1.51. The number of aliphatic carboxylic acids is 1. The monoisotopic (exact) mass is 496 g/mol. The molecule has 0 bridgehead atoms. The number of carboxylic acid groups (broad SMARTS) is 1. The lowest BCUT2D eigenvalue weighted by atomic mass is 9.83. The minimum atomic E-state index is -0.855. The van der Waals surface area contributed by atoms with Crippen molar-refractivity contribution in [1.29, 1.82) is 0 Å². The van der Waals surface area contributed by atoms with Crippen LogP contribution in [0.15, 0.2) is 48.5 Å². The number of hydrogen-bond acceptors (Lipinski definition) is 4. The van der Waals surface area contributed by atoms with Crippen LogP contribution in [0.25, 0.3) is 11.0 Å². The number of carbonyl (C=O) groups excluding carboxylic acids is 1. The van der Waals surface area contributed by atoms with Crippen LogP contribution in [0.1, 0.15) is 68.6 Å². The molecular weight excluding hydrogens is 464 g/mol. The van der Waals surface area contributed by atoms with Crippen LogP contribution in [0.5, 0.6) is 0 Å². The highest BCUT2D eigenvalue weighted by atomic mass is 16.4. The van der Waals surface area contributed by atoms with Crippen molar-refractivity contribution in [3.8, 4) is 0 Å². The predicted octanol–water partition coefficient (Wildman–Crippen LogP) is 5.18. The van der Waals surface area contributed by atoms with Gasteiger partial charge in [0.1, 0.15) is 5.52 Å². The van der Waals surface area contributed by atoms with Crippen LogP contribution < -0.4 is 0 Å². The number of benzene rings is 3. The molecule has 0 saturated carbocycles. The Hall–Kier alpha value is -4.00. The van der Waals surface area contributed by atoms with Gasteiger partial charge in [0.05, 0.1) is 11.9 Å². The predicted molar refractivity (Wildman–Crippen MR) is 143 cm³/mol. The van der Waals surface area contributed by atoms with Gasteiger partial charge in [0.15, 0.2) is 0 Å². The Labute approximate surface area is 216 Å². The van der Waals surface area contributed by atoms with Crippen LogP contribution in [0.2, 0.25) is 0 Å². The van der Waals surface area contributed by atoms with Gasteiger partial charge in [0, 0.05) is 31.1 Å². The van der Waals surface area contributed by atoms with Crippen LogP contribution in [-0.2, 0) is 24.3 Å². The zero-order chi connectivity index (χ0) is 26.3. The van der Waals surface area contributed by atoms with Gasteiger partial charge in [-0.1, -0.05) is 47.7 Å². The van der Waals surface area contributed by atoms with Crippen molar-refractivity contribution in [3.63, 3.8) is 0 Å². The van der Waals surface area contributed by atoms with Gasteiger partial charge in [0.25, 0.3) is 5.91 Å². The van der Waals surface area contributed by atoms with E-state index in [0.717, 1.165) is 62.9 Å². The average Bonchev–Trinajstić information content (AvgIpc) is 3.31. The molecule has 0 spiro atoms. The topological polar surface area (TPSA) is 88.3 Å². The number of carboxylic acids is 1. The van der Waals surface area contributed by atoms with Crippen LogP contribution in [0.4, 0.5) is 0 Å². The van der Waals surface area contributed by atoms with Crippen molar-refractivity contribution in [2.24, 2.45) is 0 Å². The Bertz CT molecular complexity index is 1500. The fraction of sp³-hybridized carbons (Fsp3) is 0.333. The molecule has 0 fully saturated rings. The summed E-state index contributed by atoms with van der Waals surface area (Å²) in [5.74, 6) is -1.14. The molecule has 5 rings (SSSR count). The first-order valence-corrected chi connectivity index (χ1v) is 12.8. The molecule has 7 nitrogen and oxygen atoms in total. The number of aromatic nitrogens is 3. The molecule has 4 aromatic rings. The lowest BCUT2D eigenvalue weighted by molar-refractivity contribution is -0.137. The molecule has 1 atom stereocenters. The summed E-state index contributed by atoms with van der Waals surface area (Å²) >= 11 is 0. The summed E-state index contributed by atoms with van der Waals surface area (Å²) < 4.78 is 1.85. The van der Waals surface area contributed by atoms with Gasteiger partial charge in [-0.05, 0) is 79.1 Å². The molecule has 0 aliphatic carbocycles. The van der Waals surface area contributed by atoms with E-state index in [1.54, 1.807) is 0 Å². The normalized spacial score (nSPS) is 14.0. The van der Waals surface area contributed by atoms with E-state index in [1.807, 2.05) is 73.7 Å². The zero-order valence-corrected chi connectivity index (χ0v) is 21.8. The number of fused-ring (bicyclic) bond motifs is 2. The largest absolute Gasteiger partial charge is 0.481 e. The van der Waals surface area contributed by atoms with Gasteiger partial charge in [-0.3, -0.25) is 9.59 Å². The SMILES string of the molecule is CCn1nnc2c(C)c(C(CC(=O)O)c3ccc4c(c3)CN(C(=O)c3c(C)cccc3C)CC4)ccc21. The summed E-state index contributed by atoms with van der Waals surface area (Å²) in [5, 5.41) is 18.4. The van der Waals surface area contributed by atoms with E-state index >= 15 is 0 Å².